The van der Waals surface area contributed by atoms with E-state index >= 15 is 0 Å². The highest BCUT2D eigenvalue weighted by molar-refractivity contribution is 5.65. The molecule has 0 spiro atoms. The zero-order valence-electron chi connectivity index (χ0n) is 19.6. The molecule has 0 radical (unpaired) electrons. The summed E-state index contributed by atoms with van der Waals surface area (Å²) in [5, 5.41) is 0. The molecule has 1 aliphatic heterocycles. The molecule has 180 valence electrons. The number of hydrogen-bond donors (Lipinski definition) is 0. The van der Waals surface area contributed by atoms with Gasteiger partial charge in [0.15, 0.2) is 0 Å². The molecule has 4 rings (SSSR count). The minimum atomic E-state index is -4.47. The molecule has 0 amide bonds. The van der Waals surface area contributed by atoms with Gasteiger partial charge >= 0.3 is 6.18 Å². The molecule has 6 heteroatoms. The van der Waals surface area contributed by atoms with E-state index in [2.05, 4.69) is 42.2 Å². The summed E-state index contributed by atoms with van der Waals surface area (Å²) in [4.78, 5) is 2.13. The highest BCUT2D eigenvalue weighted by Crippen LogP contribution is 2.40. The Labute approximate surface area is 199 Å². The lowest BCUT2D eigenvalue weighted by Gasteiger charge is -2.33. The summed E-state index contributed by atoms with van der Waals surface area (Å²) in [6.07, 6.45) is -0.435. The van der Waals surface area contributed by atoms with Crippen molar-refractivity contribution in [2.75, 3.05) is 18.6 Å². The van der Waals surface area contributed by atoms with Crippen LogP contribution in [0, 0.1) is 0 Å². The fourth-order valence-electron chi connectivity index (χ4n) is 4.52. The molecule has 1 aliphatic rings. The lowest BCUT2D eigenvalue weighted by atomic mass is 9.99. The topological polar surface area (TPSA) is 21.7 Å². The second kappa shape index (κ2) is 10.4. The van der Waals surface area contributed by atoms with Crippen molar-refractivity contribution in [1.82, 2.24) is 0 Å². The molecule has 34 heavy (non-hydrogen) atoms. The Morgan fingerprint density at radius 2 is 1.65 bits per heavy atom. The Morgan fingerprint density at radius 3 is 2.35 bits per heavy atom. The van der Waals surface area contributed by atoms with Gasteiger partial charge in [0.05, 0.1) is 18.4 Å². The Morgan fingerprint density at radius 1 is 0.912 bits per heavy atom. The normalized spacial score (nSPS) is 13.5. The van der Waals surface area contributed by atoms with Crippen LogP contribution in [-0.4, -0.2) is 13.7 Å². The van der Waals surface area contributed by atoms with E-state index in [-0.39, 0.29) is 5.75 Å². The first-order valence-corrected chi connectivity index (χ1v) is 11.7. The van der Waals surface area contributed by atoms with Crippen LogP contribution >= 0.6 is 0 Å². The Hall–Kier alpha value is -3.15. The number of benzene rings is 3. The van der Waals surface area contributed by atoms with Crippen LogP contribution in [0.5, 0.6) is 11.5 Å². The van der Waals surface area contributed by atoms with E-state index < -0.39 is 11.7 Å². The molecule has 1 heterocycles. The summed E-state index contributed by atoms with van der Waals surface area (Å²) in [6, 6.07) is 18.7. The van der Waals surface area contributed by atoms with Crippen molar-refractivity contribution in [3.63, 3.8) is 0 Å². The average molecular weight is 470 g/mol. The van der Waals surface area contributed by atoms with Crippen LogP contribution in [0.4, 0.5) is 18.9 Å². The second-order valence-corrected chi connectivity index (χ2v) is 8.68. The molecule has 0 saturated heterocycles. The minimum Gasteiger partial charge on any atom is -0.496 e. The summed E-state index contributed by atoms with van der Waals surface area (Å²) < 4.78 is 51.7. The van der Waals surface area contributed by atoms with E-state index in [1.807, 2.05) is 12.1 Å². The van der Waals surface area contributed by atoms with Gasteiger partial charge in [0.2, 0.25) is 0 Å². The van der Waals surface area contributed by atoms with E-state index in [0.29, 0.717) is 18.7 Å². The predicted molar refractivity (Wildman–Crippen MR) is 129 cm³/mol. The zero-order valence-corrected chi connectivity index (χ0v) is 19.6. The number of rotatable bonds is 8. The Balaban J connectivity index is 1.56. The molecule has 0 aromatic heterocycles. The van der Waals surface area contributed by atoms with Gasteiger partial charge in [-0.15, -0.1) is 0 Å². The van der Waals surface area contributed by atoms with Crippen LogP contribution in [-0.2, 0) is 32.2 Å². The smallest absolute Gasteiger partial charge is 0.419 e. The Kier molecular flexibility index (Phi) is 7.35. The Bertz CT molecular complexity index is 1110. The molecule has 3 nitrogen and oxygen atoms in total. The van der Waals surface area contributed by atoms with Gasteiger partial charge in [-0.05, 0) is 59.7 Å². The fourth-order valence-corrected chi connectivity index (χ4v) is 4.52. The van der Waals surface area contributed by atoms with Crippen LogP contribution in [0.1, 0.15) is 47.6 Å². The molecule has 0 atom stereocenters. The lowest BCUT2D eigenvalue weighted by molar-refractivity contribution is -0.138. The zero-order chi connectivity index (χ0) is 24.1. The van der Waals surface area contributed by atoms with Crippen LogP contribution in [0.15, 0.2) is 60.7 Å². The van der Waals surface area contributed by atoms with Gasteiger partial charge in [-0.2, -0.15) is 13.2 Å². The van der Waals surface area contributed by atoms with Crippen molar-refractivity contribution in [2.24, 2.45) is 0 Å². The number of methoxy groups -OCH3 is 1. The number of alkyl halides is 3. The van der Waals surface area contributed by atoms with Crippen molar-refractivity contribution in [3.8, 4) is 11.5 Å². The van der Waals surface area contributed by atoms with Crippen molar-refractivity contribution in [1.29, 1.82) is 0 Å². The first-order valence-electron chi connectivity index (χ1n) is 11.7. The maximum absolute atomic E-state index is 13.5. The van der Waals surface area contributed by atoms with Crippen LogP contribution in [0.2, 0.25) is 0 Å². The van der Waals surface area contributed by atoms with Crippen molar-refractivity contribution >= 4 is 5.69 Å². The average Bonchev–Trinajstić information content (AvgIpc) is 2.83. The lowest BCUT2D eigenvalue weighted by Crippen LogP contribution is -2.29. The van der Waals surface area contributed by atoms with Gasteiger partial charge in [0, 0.05) is 13.1 Å². The SMILES string of the molecule is CCCc1ccc(COc2cccc3c2N(Cc2ccc(OC)c(C(F)(F)F)c2)CCC3)cc1. The van der Waals surface area contributed by atoms with E-state index in [4.69, 9.17) is 9.47 Å². The maximum atomic E-state index is 13.5. The number of fused-ring (bicyclic) bond motifs is 1. The van der Waals surface area contributed by atoms with E-state index in [1.54, 1.807) is 6.07 Å². The fraction of sp³-hybridized carbons (Fsp3) is 0.357. The molecule has 0 N–H and O–H groups in total. The van der Waals surface area contributed by atoms with Gasteiger partial charge in [-0.3, -0.25) is 0 Å². The quantitative estimate of drug-likeness (QED) is 0.348. The number of nitrogens with zero attached hydrogens (tertiary/aromatic N) is 1. The number of aryl methyl sites for hydroxylation is 2. The largest absolute Gasteiger partial charge is 0.496 e. The molecule has 0 unspecified atom stereocenters. The monoisotopic (exact) mass is 469 g/mol. The third-order valence-corrected chi connectivity index (χ3v) is 6.17. The standard InChI is InChI=1S/C28H30F3NO2/c1-3-6-20-10-12-21(13-11-20)19-34-26-9-4-7-23-8-5-16-32(27(23)26)18-22-14-15-25(33-2)24(17-22)28(29,30)31/h4,7,9-15,17H,3,5-6,8,16,18-19H2,1-2H3. The minimum absolute atomic E-state index is 0.163. The second-order valence-electron chi connectivity index (χ2n) is 8.68. The van der Waals surface area contributed by atoms with E-state index in [0.717, 1.165) is 54.8 Å². The molecule has 0 saturated carbocycles. The number of ether oxygens (including phenoxy) is 2. The van der Waals surface area contributed by atoms with Crippen LogP contribution in [0.3, 0.4) is 0 Å². The highest BCUT2D eigenvalue weighted by atomic mass is 19.4. The summed E-state index contributed by atoms with van der Waals surface area (Å²) in [5.74, 6) is 0.601. The van der Waals surface area contributed by atoms with E-state index in [9.17, 15) is 13.2 Å². The molecule has 0 aliphatic carbocycles. The molecular formula is C28H30F3NO2. The number of para-hydroxylation sites is 1. The summed E-state index contributed by atoms with van der Waals surface area (Å²) >= 11 is 0. The predicted octanol–water partition coefficient (Wildman–Crippen LogP) is 7.20. The van der Waals surface area contributed by atoms with Crippen LogP contribution < -0.4 is 14.4 Å². The molecule has 0 fully saturated rings. The van der Waals surface area contributed by atoms with Gasteiger partial charge in [-0.25, -0.2) is 0 Å². The summed E-state index contributed by atoms with van der Waals surface area (Å²) in [6.45, 7) is 3.73. The first kappa shape index (κ1) is 24.0. The number of hydrogen-bond acceptors (Lipinski definition) is 3. The highest BCUT2D eigenvalue weighted by Gasteiger charge is 2.34. The summed E-state index contributed by atoms with van der Waals surface area (Å²) in [5.41, 5.74) is 4.37. The molecule has 3 aromatic carbocycles. The van der Waals surface area contributed by atoms with Crippen LogP contribution in [0.25, 0.3) is 0 Å². The van der Waals surface area contributed by atoms with Gasteiger partial charge in [0.1, 0.15) is 18.1 Å². The first-order chi connectivity index (χ1) is 16.4. The molecule has 3 aromatic rings. The molecular weight excluding hydrogens is 439 g/mol. The van der Waals surface area contributed by atoms with Crippen molar-refractivity contribution < 1.29 is 22.6 Å². The third-order valence-electron chi connectivity index (χ3n) is 6.17. The van der Waals surface area contributed by atoms with Gasteiger partial charge < -0.3 is 14.4 Å². The van der Waals surface area contributed by atoms with Gasteiger partial charge in [0.25, 0.3) is 0 Å². The maximum Gasteiger partial charge on any atom is 0.419 e. The van der Waals surface area contributed by atoms with Crippen molar-refractivity contribution in [3.05, 3.63) is 88.5 Å². The number of halogens is 3. The third kappa shape index (κ3) is 5.49. The van der Waals surface area contributed by atoms with Crippen molar-refractivity contribution in [2.45, 2.75) is 51.9 Å². The molecule has 0 bridgehead atoms. The number of anilines is 1. The van der Waals surface area contributed by atoms with E-state index in [1.165, 1.54) is 24.8 Å². The summed E-state index contributed by atoms with van der Waals surface area (Å²) in [7, 11) is 1.26. The van der Waals surface area contributed by atoms with Gasteiger partial charge in [-0.1, -0.05) is 55.8 Å².